The van der Waals surface area contributed by atoms with Gasteiger partial charge in [-0.1, -0.05) is 6.07 Å². The topological polar surface area (TPSA) is 85.6 Å². The lowest BCUT2D eigenvalue weighted by atomic mass is 10.1. The van der Waals surface area contributed by atoms with Gasteiger partial charge in [0.15, 0.2) is 5.82 Å². The van der Waals surface area contributed by atoms with Crippen molar-refractivity contribution in [1.29, 1.82) is 0 Å². The molecule has 0 spiro atoms. The summed E-state index contributed by atoms with van der Waals surface area (Å²) >= 11 is 2.26. The summed E-state index contributed by atoms with van der Waals surface area (Å²) < 4.78 is 2.61. The number of benzene rings is 1. The standard InChI is InChI=1S/C20H15IN6O/c1-13-15(6-8-19(25-13)27-12-22-11-24-27)20(28)26-14-5-7-17(21)16(10-14)18-4-2-3-9-23-18/h2-12H,1H3,(H,26,28). The molecule has 1 N–H and O–H groups in total. The number of nitrogens with zero attached hydrogens (tertiary/aromatic N) is 5. The van der Waals surface area contributed by atoms with Crippen LogP contribution in [0.15, 0.2) is 67.4 Å². The fourth-order valence-corrected chi connectivity index (χ4v) is 3.37. The lowest BCUT2D eigenvalue weighted by Gasteiger charge is -2.11. The smallest absolute Gasteiger partial charge is 0.257 e. The SMILES string of the molecule is Cc1nc(-n2cncn2)ccc1C(=O)Nc1ccc(I)c(-c2ccccn2)c1. The largest absolute Gasteiger partial charge is 0.322 e. The van der Waals surface area contributed by atoms with E-state index in [4.69, 9.17) is 0 Å². The molecule has 0 radical (unpaired) electrons. The fraction of sp³-hybridized carbons (Fsp3) is 0.0500. The Bertz CT molecular complexity index is 1130. The van der Waals surface area contributed by atoms with Crippen LogP contribution in [0.1, 0.15) is 16.1 Å². The number of hydrogen-bond donors (Lipinski definition) is 1. The second kappa shape index (κ2) is 7.85. The summed E-state index contributed by atoms with van der Waals surface area (Å²) in [6.45, 7) is 1.79. The molecule has 8 heteroatoms. The number of halogens is 1. The molecule has 0 atom stereocenters. The van der Waals surface area contributed by atoms with E-state index in [0.29, 0.717) is 22.8 Å². The lowest BCUT2D eigenvalue weighted by molar-refractivity contribution is 0.102. The summed E-state index contributed by atoms with van der Waals surface area (Å²) in [6, 6.07) is 15.0. The molecule has 0 bridgehead atoms. The molecule has 4 aromatic rings. The number of nitrogens with one attached hydrogen (secondary N) is 1. The minimum absolute atomic E-state index is 0.219. The molecular weight excluding hydrogens is 467 g/mol. The second-order valence-corrected chi connectivity index (χ2v) is 7.17. The maximum atomic E-state index is 12.8. The number of amides is 1. The van der Waals surface area contributed by atoms with Gasteiger partial charge in [-0.25, -0.2) is 14.6 Å². The van der Waals surface area contributed by atoms with E-state index in [1.54, 1.807) is 36.3 Å². The molecule has 0 aliphatic carbocycles. The van der Waals surface area contributed by atoms with Crippen LogP contribution in [-0.4, -0.2) is 30.6 Å². The number of carbonyl (C=O) groups excluding carboxylic acids is 1. The van der Waals surface area contributed by atoms with Gasteiger partial charge < -0.3 is 5.32 Å². The van der Waals surface area contributed by atoms with Crippen molar-refractivity contribution in [3.8, 4) is 17.1 Å². The molecule has 28 heavy (non-hydrogen) atoms. The number of rotatable bonds is 4. The summed E-state index contributed by atoms with van der Waals surface area (Å²) in [5.74, 6) is 0.390. The highest BCUT2D eigenvalue weighted by Gasteiger charge is 2.13. The van der Waals surface area contributed by atoms with Crippen molar-refractivity contribution in [2.75, 3.05) is 5.32 Å². The molecule has 0 saturated carbocycles. The van der Waals surface area contributed by atoms with E-state index in [-0.39, 0.29) is 5.91 Å². The van der Waals surface area contributed by atoms with Gasteiger partial charge >= 0.3 is 0 Å². The Kier molecular flexibility index (Phi) is 5.11. The second-order valence-electron chi connectivity index (χ2n) is 6.01. The third-order valence-corrected chi connectivity index (χ3v) is 5.07. The molecule has 0 aliphatic rings. The third kappa shape index (κ3) is 3.77. The van der Waals surface area contributed by atoms with E-state index in [2.05, 4.69) is 48.0 Å². The number of pyridine rings is 2. The normalized spacial score (nSPS) is 10.6. The van der Waals surface area contributed by atoms with Crippen molar-refractivity contribution < 1.29 is 4.79 Å². The first-order chi connectivity index (χ1) is 13.6. The van der Waals surface area contributed by atoms with Crippen LogP contribution in [0.4, 0.5) is 5.69 Å². The van der Waals surface area contributed by atoms with Crippen molar-refractivity contribution in [3.05, 3.63) is 82.2 Å². The van der Waals surface area contributed by atoms with Crippen molar-refractivity contribution >= 4 is 34.2 Å². The molecule has 0 aliphatic heterocycles. The monoisotopic (exact) mass is 482 g/mol. The average molecular weight is 482 g/mol. The Morgan fingerprint density at radius 3 is 2.75 bits per heavy atom. The first-order valence-corrected chi connectivity index (χ1v) is 9.54. The summed E-state index contributed by atoms with van der Waals surface area (Å²) in [4.78, 5) is 25.5. The van der Waals surface area contributed by atoms with Crippen LogP contribution in [0.2, 0.25) is 0 Å². The predicted octanol–water partition coefficient (Wildman–Crippen LogP) is 3.89. The van der Waals surface area contributed by atoms with Crippen molar-refractivity contribution in [1.82, 2.24) is 24.7 Å². The van der Waals surface area contributed by atoms with Crippen LogP contribution in [0.3, 0.4) is 0 Å². The van der Waals surface area contributed by atoms with Crippen molar-refractivity contribution in [2.24, 2.45) is 0 Å². The Morgan fingerprint density at radius 2 is 2.04 bits per heavy atom. The van der Waals surface area contributed by atoms with E-state index in [1.807, 2.05) is 36.4 Å². The average Bonchev–Trinajstić information content (AvgIpc) is 3.25. The molecule has 3 heterocycles. The fourth-order valence-electron chi connectivity index (χ4n) is 2.76. The zero-order valence-electron chi connectivity index (χ0n) is 14.9. The van der Waals surface area contributed by atoms with Crippen LogP contribution in [-0.2, 0) is 0 Å². The molecule has 4 rings (SSSR count). The first-order valence-electron chi connectivity index (χ1n) is 8.47. The summed E-state index contributed by atoms with van der Waals surface area (Å²) in [5, 5.41) is 7.00. The molecule has 0 fully saturated rings. The summed E-state index contributed by atoms with van der Waals surface area (Å²) in [6.07, 6.45) is 4.75. The maximum absolute atomic E-state index is 12.8. The van der Waals surface area contributed by atoms with Gasteiger partial charge in [0.2, 0.25) is 0 Å². The Balaban J connectivity index is 1.59. The number of anilines is 1. The van der Waals surface area contributed by atoms with Crippen LogP contribution < -0.4 is 5.32 Å². The zero-order valence-corrected chi connectivity index (χ0v) is 17.0. The van der Waals surface area contributed by atoms with Gasteiger partial charge in [0.05, 0.1) is 17.0 Å². The first kappa shape index (κ1) is 18.2. The van der Waals surface area contributed by atoms with Gasteiger partial charge in [-0.05, 0) is 72.0 Å². The van der Waals surface area contributed by atoms with E-state index in [9.17, 15) is 4.79 Å². The minimum atomic E-state index is -0.219. The molecule has 138 valence electrons. The quantitative estimate of drug-likeness (QED) is 0.447. The van der Waals surface area contributed by atoms with Gasteiger partial charge in [-0.3, -0.25) is 9.78 Å². The van der Waals surface area contributed by atoms with E-state index < -0.39 is 0 Å². The highest BCUT2D eigenvalue weighted by molar-refractivity contribution is 14.1. The number of carbonyl (C=O) groups is 1. The molecule has 1 amide bonds. The molecule has 0 unspecified atom stereocenters. The minimum Gasteiger partial charge on any atom is -0.322 e. The van der Waals surface area contributed by atoms with Crippen LogP contribution in [0, 0.1) is 10.5 Å². The van der Waals surface area contributed by atoms with E-state index >= 15 is 0 Å². The highest BCUT2D eigenvalue weighted by atomic mass is 127. The van der Waals surface area contributed by atoms with Gasteiger partial charge in [0, 0.05) is 21.0 Å². The number of aryl methyl sites for hydroxylation is 1. The summed E-state index contributed by atoms with van der Waals surface area (Å²) in [5.41, 5.74) is 3.64. The maximum Gasteiger partial charge on any atom is 0.257 e. The van der Waals surface area contributed by atoms with E-state index in [0.717, 1.165) is 14.8 Å². The summed E-state index contributed by atoms with van der Waals surface area (Å²) in [7, 11) is 0. The van der Waals surface area contributed by atoms with Gasteiger partial charge in [-0.15, -0.1) is 0 Å². The Labute approximate surface area is 175 Å². The van der Waals surface area contributed by atoms with Crippen LogP contribution in [0.5, 0.6) is 0 Å². The highest BCUT2D eigenvalue weighted by Crippen LogP contribution is 2.27. The molecule has 1 aromatic carbocycles. The van der Waals surface area contributed by atoms with Crippen LogP contribution >= 0.6 is 22.6 Å². The molecule has 3 aromatic heterocycles. The van der Waals surface area contributed by atoms with Gasteiger partial charge in [-0.2, -0.15) is 5.10 Å². The predicted molar refractivity (Wildman–Crippen MR) is 114 cm³/mol. The lowest BCUT2D eigenvalue weighted by Crippen LogP contribution is -2.15. The van der Waals surface area contributed by atoms with Crippen LogP contribution in [0.25, 0.3) is 17.1 Å². The molecule has 0 saturated heterocycles. The number of aromatic nitrogens is 5. The van der Waals surface area contributed by atoms with E-state index in [1.165, 1.54) is 6.33 Å². The Hall–Kier alpha value is -3.14. The Morgan fingerprint density at radius 1 is 1.14 bits per heavy atom. The number of hydrogen-bond acceptors (Lipinski definition) is 5. The molecule has 7 nitrogen and oxygen atoms in total. The van der Waals surface area contributed by atoms with Crippen molar-refractivity contribution in [2.45, 2.75) is 6.92 Å². The van der Waals surface area contributed by atoms with Gasteiger partial charge in [0.25, 0.3) is 5.91 Å². The zero-order chi connectivity index (χ0) is 19.5. The third-order valence-electron chi connectivity index (χ3n) is 4.13. The van der Waals surface area contributed by atoms with Gasteiger partial charge in [0.1, 0.15) is 12.7 Å². The molecular formula is C20H15IN6O. The van der Waals surface area contributed by atoms with Crippen molar-refractivity contribution in [3.63, 3.8) is 0 Å².